The van der Waals surface area contributed by atoms with Crippen LogP contribution in [-0.4, -0.2) is 51.4 Å². The van der Waals surface area contributed by atoms with Crippen molar-refractivity contribution in [1.29, 1.82) is 0 Å². The molecule has 24 heavy (non-hydrogen) atoms. The van der Waals surface area contributed by atoms with Gasteiger partial charge in [-0.1, -0.05) is 6.08 Å². The molecule has 0 unspecified atom stereocenters. The first kappa shape index (κ1) is 14.0. The summed E-state index contributed by atoms with van der Waals surface area (Å²) in [5.41, 5.74) is 1.89. The van der Waals surface area contributed by atoms with E-state index in [0.29, 0.717) is 12.0 Å². The van der Waals surface area contributed by atoms with Gasteiger partial charge in [-0.3, -0.25) is 4.79 Å². The summed E-state index contributed by atoms with van der Waals surface area (Å²) >= 11 is 0. The Morgan fingerprint density at radius 3 is 2.96 bits per heavy atom. The zero-order chi connectivity index (χ0) is 16.1. The van der Waals surface area contributed by atoms with Gasteiger partial charge in [-0.25, -0.2) is 9.97 Å². The van der Waals surface area contributed by atoms with E-state index in [0.717, 1.165) is 61.3 Å². The molecular weight excluding hydrogens is 302 g/mol. The molecule has 4 heterocycles. The maximum atomic E-state index is 12.6. The zero-order valence-electron chi connectivity index (χ0n) is 13.6. The number of nitrogens with zero attached hydrogens (tertiary/aromatic N) is 4. The number of carbonyl (C=O) groups is 1. The van der Waals surface area contributed by atoms with Gasteiger partial charge in [0.1, 0.15) is 17.8 Å². The molecular formula is C18H21N5O. The van der Waals surface area contributed by atoms with Crippen molar-refractivity contribution in [2.75, 3.05) is 24.5 Å². The minimum atomic E-state index is 0.251. The fourth-order valence-corrected chi connectivity index (χ4v) is 4.36. The average molecular weight is 323 g/mol. The van der Waals surface area contributed by atoms with Crippen LogP contribution in [0.25, 0.3) is 11.0 Å². The fourth-order valence-electron chi connectivity index (χ4n) is 4.36. The van der Waals surface area contributed by atoms with Gasteiger partial charge in [0, 0.05) is 31.4 Å². The fraction of sp³-hybridized carbons (Fsp3) is 0.500. The second-order valence-electron chi connectivity index (χ2n) is 7.05. The number of allylic oxidation sites excluding steroid dienone is 1. The molecule has 2 fully saturated rings. The normalized spacial score (nSPS) is 26.2. The van der Waals surface area contributed by atoms with Gasteiger partial charge in [0.2, 0.25) is 5.91 Å². The zero-order valence-corrected chi connectivity index (χ0v) is 13.6. The summed E-state index contributed by atoms with van der Waals surface area (Å²) in [6.07, 6.45) is 9.91. The van der Waals surface area contributed by atoms with Gasteiger partial charge in [-0.15, -0.1) is 0 Å². The smallest absolute Gasteiger partial charge is 0.249 e. The number of amides is 1. The molecule has 124 valence electrons. The number of nitrogens with one attached hydrogen (secondary N) is 1. The molecule has 2 aromatic rings. The molecule has 5 rings (SSSR count). The van der Waals surface area contributed by atoms with E-state index in [1.54, 1.807) is 6.33 Å². The first-order valence-electron chi connectivity index (χ1n) is 8.84. The third-order valence-electron chi connectivity index (χ3n) is 5.83. The second-order valence-corrected chi connectivity index (χ2v) is 7.05. The van der Waals surface area contributed by atoms with Gasteiger partial charge in [0.15, 0.2) is 0 Å². The number of anilines is 1. The standard InChI is InChI=1S/C18H21N5O/c24-18(13-2-1-3-13)22-8-5-12-6-9-23(15(12)10-22)17-14-4-7-19-16(14)20-11-21-17/h2,4,7,11-12,15H,1,3,5-6,8-10H2,(H,19,20,21)/t12-,15-/m1/s1. The topological polar surface area (TPSA) is 65.1 Å². The second kappa shape index (κ2) is 5.33. The molecule has 3 aliphatic rings. The molecule has 1 N–H and O–H groups in total. The first-order chi connectivity index (χ1) is 11.8. The summed E-state index contributed by atoms with van der Waals surface area (Å²) in [4.78, 5) is 29.1. The van der Waals surface area contributed by atoms with Crippen molar-refractivity contribution in [2.24, 2.45) is 5.92 Å². The van der Waals surface area contributed by atoms with Crippen LogP contribution in [0.15, 0.2) is 30.2 Å². The largest absolute Gasteiger partial charge is 0.351 e. The van der Waals surface area contributed by atoms with Crippen LogP contribution in [0, 0.1) is 5.92 Å². The van der Waals surface area contributed by atoms with Crippen LogP contribution in [0.3, 0.4) is 0 Å². The number of carbonyl (C=O) groups excluding carboxylic acids is 1. The monoisotopic (exact) mass is 323 g/mol. The number of likely N-dealkylation sites (tertiary alicyclic amines) is 1. The van der Waals surface area contributed by atoms with Crippen molar-refractivity contribution < 1.29 is 4.79 Å². The highest BCUT2D eigenvalue weighted by Gasteiger charge is 2.41. The molecule has 0 saturated carbocycles. The van der Waals surface area contributed by atoms with Crippen molar-refractivity contribution in [3.05, 3.63) is 30.2 Å². The lowest BCUT2D eigenvalue weighted by atomic mass is 9.90. The highest BCUT2D eigenvalue weighted by atomic mass is 16.2. The molecule has 0 radical (unpaired) electrons. The summed E-state index contributed by atoms with van der Waals surface area (Å²) < 4.78 is 0. The van der Waals surface area contributed by atoms with Crippen molar-refractivity contribution in [1.82, 2.24) is 19.9 Å². The van der Waals surface area contributed by atoms with E-state index < -0.39 is 0 Å². The Labute approximate surface area is 140 Å². The molecule has 0 bridgehead atoms. The highest BCUT2D eigenvalue weighted by Crippen LogP contribution is 2.37. The maximum Gasteiger partial charge on any atom is 0.249 e. The number of H-pyrrole nitrogens is 1. The van der Waals surface area contributed by atoms with Gasteiger partial charge in [0.05, 0.1) is 11.4 Å². The first-order valence-corrected chi connectivity index (χ1v) is 8.84. The van der Waals surface area contributed by atoms with E-state index in [9.17, 15) is 4.79 Å². The van der Waals surface area contributed by atoms with Crippen LogP contribution in [0.5, 0.6) is 0 Å². The van der Waals surface area contributed by atoms with E-state index in [-0.39, 0.29) is 5.91 Å². The number of aromatic amines is 1. The molecule has 2 aliphatic heterocycles. The number of aromatic nitrogens is 3. The predicted octanol–water partition coefficient (Wildman–Crippen LogP) is 2.11. The average Bonchev–Trinajstić information content (AvgIpc) is 3.19. The minimum Gasteiger partial charge on any atom is -0.351 e. The highest BCUT2D eigenvalue weighted by molar-refractivity contribution is 5.95. The minimum absolute atomic E-state index is 0.251. The summed E-state index contributed by atoms with van der Waals surface area (Å²) in [7, 11) is 0. The van der Waals surface area contributed by atoms with Crippen molar-refractivity contribution in [3.8, 4) is 0 Å². The van der Waals surface area contributed by atoms with Crippen LogP contribution < -0.4 is 4.90 Å². The lowest BCUT2D eigenvalue weighted by molar-refractivity contribution is -0.129. The molecule has 1 aliphatic carbocycles. The van der Waals surface area contributed by atoms with Crippen molar-refractivity contribution >= 4 is 22.8 Å². The van der Waals surface area contributed by atoms with Crippen LogP contribution in [0.2, 0.25) is 0 Å². The molecule has 2 atom stereocenters. The van der Waals surface area contributed by atoms with E-state index in [2.05, 4.69) is 30.8 Å². The van der Waals surface area contributed by atoms with Crippen LogP contribution in [-0.2, 0) is 4.79 Å². The Morgan fingerprint density at radius 2 is 2.12 bits per heavy atom. The summed E-state index contributed by atoms with van der Waals surface area (Å²) in [6, 6.07) is 2.42. The van der Waals surface area contributed by atoms with Crippen LogP contribution in [0.1, 0.15) is 25.7 Å². The Morgan fingerprint density at radius 1 is 1.25 bits per heavy atom. The number of hydrogen-bond acceptors (Lipinski definition) is 4. The Balaban J connectivity index is 1.44. The van der Waals surface area contributed by atoms with E-state index in [1.807, 2.05) is 12.3 Å². The van der Waals surface area contributed by atoms with Gasteiger partial charge < -0.3 is 14.8 Å². The number of fused-ring (bicyclic) bond motifs is 2. The van der Waals surface area contributed by atoms with Crippen LogP contribution in [0.4, 0.5) is 5.82 Å². The maximum absolute atomic E-state index is 12.6. The van der Waals surface area contributed by atoms with Gasteiger partial charge >= 0.3 is 0 Å². The van der Waals surface area contributed by atoms with E-state index >= 15 is 0 Å². The third-order valence-corrected chi connectivity index (χ3v) is 5.83. The molecule has 1 amide bonds. The number of rotatable bonds is 2. The molecule has 0 aromatic carbocycles. The van der Waals surface area contributed by atoms with Crippen LogP contribution >= 0.6 is 0 Å². The molecule has 2 aromatic heterocycles. The molecule has 0 spiro atoms. The summed E-state index contributed by atoms with van der Waals surface area (Å²) in [5, 5.41) is 1.07. The lowest BCUT2D eigenvalue weighted by Gasteiger charge is -2.39. The molecule has 6 heteroatoms. The number of hydrogen-bond donors (Lipinski definition) is 1. The van der Waals surface area contributed by atoms with E-state index in [4.69, 9.17) is 0 Å². The molecule has 6 nitrogen and oxygen atoms in total. The predicted molar refractivity (Wildman–Crippen MR) is 91.6 cm³/mol. The van der Waals surface area contributed by atoms with Gasteiger partial charge in [-0.2, -0.15) is 0 Å². The van der Waals surface area contributed by atoms with Crippen molar-refractivity contribution in [3.63, 3.8) is 0 Å². The molecule has 2 saturated heterocycles. The Hall–Kier alpha value is -2.37. The summed E-state index contributed by atoms with van der Waals surface area (Å²) in [5.74, 6) is 1.92. The van der Waals surface area contributed by atoms with Crippen molar-refractivity contribution in [2.45, 2.75) is 31.7 Å². The van der Waals surface area contributed by atoms with E-state index in [1.165, 1.54) is 6.42 Å². The summed E-state index contributed by atoms with van der Waals surface area (Å²) in [6.45, 7) is 2.72. The lowest BCUT2D eigenvalue weighted by Crippen LogP contribution is -2.51. The van der Waals surface area contributed by atoms with Gasteiger partial charge in [0.25, 0.3) is 0 Å². The SMILES string of the molecule is O=C(C1=CCC1)N1CC[C@@H]2CCN(c3ncnc4[nH]ccc34)[C@@H]2C1. The Bertz CT molecular complexity index is 826. The third kappa shape index (κ3) is 2.05. The quantitative estimate of drug-likeness (QED) is 0.919. The van der Waals surface area contributed by atoms with Gasteiger partial charge in [-0.05, 0) is 37.7 Å². The Kier molecular flexibility index (Phi) is 3.11. The number of piperidine rings is 1.